The molecule has 0 spiro atoms. The van der Waals surface area contributed by atoms with Gasteiger partial charge in [0.15, 0.2) is 0 Å². The van der Waals surface area contributed by atoms with Crippen LogP contribution in [0.5, 0.6) is 11.5 Å². The monoisotopic (exact) mass is 384 g/mol. The van der Waals surface area contributed by atoms with Gasteiger partial charge in [0.25, 0.3) is 0 Å². The maximum absolute atomic E-state index is 11.7. The number of hydrogen-bond acceptors (Lipinski definition) is 6. The standard InChI is InChI=1S/C20H20N2O6/c1-3-22-13(11-6-4-8-14(23)16(11)19(25)26)10-21(2)18(22)12-7-5-9-15(24)17(12)20(27)28/h4-10,18,23-24H,3H2,1-2H3,(H,25,26)(H,27,28). The van der Waals surface area contributed by atoms with E-state index >= 15 is 0 Å². The lowest BCUT2D eigenvalue weighted by atomic mass is 10.0. The summed E-state index contributed by atoms with van der Waals surface area (Å²) in [6.07, 6.45) is 1.13. The summed E-state index contributed by atoms with van der Waals surface area (Å²) in [7, 11) is 1.74. The number of aromatic carboxylic acids is 2. The lowest BCUT2D eigenvalue weighted by molar-refractivity contribution is 0.0679. The third kappa shape index (κ3) is 2.98. The summed E-state index contributed by atoms with van der Waals surface area (Å²) in [6, 6.07) is 8.94. The fourth-order valence-corrected chi connectivity index (χ4v) is 3.63. The molecule has 0 saturated heterocycles. The summed E-state index contributed by atoms with van der Waals surface area (Å²) in [5.41, 5.74) is 0.793. The number of rotatable bonds is 5. The molecule has 1 unspecified atom stereocenters. The van der Waals surface area contributed by atoms with E-state index in [4.69, 9.17) is 0 Å². The number of benzene rings is 2. The molecule has 2 aromatic rings. The van der Waals surface area contributed by atoms with E-state index in [1.54, 1.807) is 42.4 Å². The van der Waals surface area contributed by atoms with E-state index in [0.717, 1.165) is 0 Å². The van der Waals surface area contributed by atoms with E-state index in [0.29, 0.717) is 23.4 Å². The predicted molar refractivity (Wildman–Crippen MR) is 101 cm³/mol. The Bertz CT molecular complexity index is 985. The molecule has 2 aromatic carbocycles. The van der Waals surface area contributed by atoms with Gasteiger partial charge in [-0.15, -0.1) is 0 Å². The molecule has 8 nitrogen and oxygen atoms in total. The van der Waals surface area contributed by atoms with Gasteiger partial charge in [-0.2, -0.15) is 0 Å². The van der Waals surface area contributed by atoms with Gasteiger partial charge < -0.3 is 30.2 Å². The van der Waals surface area contributed by atoms with Crippen LogP contribution in [0.1, 0.15) is 44.9 Å². The van der Waals surface area contributed by atoms with E-state index in [9.17, 15) is 30.0 Å². The zero-order valence-electron chi connectivity index (χ0n) is 15.3. The fraction of sp³-hybridized carbons (Fsp3) is 0.200. The molecule has 1 heterocycles. The lowest BCUT2D eigenvalue weighted by Crippen LogP contribution is -2.31. The molecule has 1 aliphatic rings. The topological polar surface area (TPSA) is 122 Å². The largest absolute Gasteiger partial charge is 0.507 e. The van der Waals surface area contributed by atoms with Gasteiger partial charge in [0.1, 0.15) is 28.8 Å². The number of hydrogen-bond donors (Lipinski definition) is 4. The first kappa shape index (κ1) is 19.1. The predicted octanol–water partition coefficient (Wildman–Crippen LogP) is 2.76. The summed E-state index contributed by atoms with van der Waals surface area (Å²) in [6.45, 7) is 2.29. The molecule has 0 saturated carbocycles. The zero-order valence-corrected chi connectivity index (χ0v) is 15.3. The zero-order chi connectivity index (χ0) is 20.6. The summed E-state index contributed by atoms with van der Waals surface area (Å²) < 4.78 is 0. The van der Waals surface area contributed by atoms with E-state index in [2.05, 4.69) is 0 Å². The molecule has 0 aliphatic carbocycles. The van der Waals surface area contributed by atoms with Crippen molar-refractivity contribution < 1.29 is 30.0 Å². The van der Waals surface area contributed by atoms with Gasteiger partial charge in [-0.3, -0.25) is 0 Å². The van der Waals surface area contributed by atoms with Crippen molar-refractivity contribution in [3.05, 3.63) is 64.9 Å². The molecule has 0 bridgehead atoms. The molecular formula is C20H20N2O6. The first-order valence-electron chi connectivity index (χ1n) is 8.59. The second-order valence-electron chi connectivity index (χ2n) is 6.39. The smallest absolute Gasteiger partial charge is 0.340 e. The van der Waals surface area contributed by atoms with Crippen LogP contribution in [0.15, 0.2) is 42.6 Å². The third-order valence-corrected chi connectivity index (χ3v) is 4.76. The number of phenols is 2. The highest BCUT2D eigenvalue weighted by molar-refractivity contribution is 5.97. The molecule has 0 radical (unpaired) electrons. The number of aromatic hydroxyl groups is 2. The van der Waals surface area contributed by atoms with Crippen LogP contribution < -0.4 is 0 Å². The summed E-state index contributed by atoms with van der Waals surface area (Å²) >= 11 is 0. The van der Waals surface area contributed by atoms with Crippen LogP contribution in [0, 0.1) is 0 Å². The van der Waals surface area contributed by atoms with Gasteiger partial charge in [0.2, 0.25) is 0 Å². The normalized spacial score (nSPS) is 16.2. The van der Waals surface area contributed by atoms with Crippen LogP contribution in [0.3, 0.4) is 0 Å². The average molecular weight is 384 g/mol. The second-order valence-corrected chi connectivity index (χ2v) is 6.39. The first-order valence-corrected chi connectivity index (χ1v) is 8.59. The summed E-state index contributed by atoms with van der Waals surface area (Å²) in [4.78, 5) is 27.0. The number of nitrogens with zero attached hydrogens (tertiary/aromatic N) is 2. The minimum absolute atomic E-state index is 0.207. The number of carbonyl (C=O) groups is 2. The Morgan fingerprint density at radius 3 is 2.11 bits per heavy atom. The van der Waals surface area contributed by atoms with Crippen LogP contribution in [0.2, 0.25) is 0 Å². The Balaban J connectivity index is 2.16. The van der Waals surface area contributed by atoms with Crippen molar-refractivity contribution in [3.8, 4) is 11.5 Å². The quantitative estimate of drug-likeness (QED) is 0.621. The molecule has 8 heteroatoms. The summed E-state index contributed by atoms with van der Waals surface area (Å²) in [5.74, 6) is -3.21. The van der Waals surface area contributed by atoms with Crippen LogP contribution >= 0.6 is 0 Å². The third-order valence-electron chi connectivity index (χ3n) is 4.76. The van der Waals surface area contributed by atoms with Crippen LogP contribution in [-0.4, -0.2) is 55.8 Å². The molecule has 0 amide bonds. The molecule has 1 aliphatic heterocycles. The molecule has 0 aromatic heterocycles. The van der Waals surface area contributed by atoms with E-state index < -0.39 is 18.1 Å². The Hall–Kier alpha value is -3.68. The highest BCUT2D eigenvalue weighted by Gasteiger charge is 2.36. The number of carboxylic acid groups (broad SMARTS) is 2. The van der Waals surface area contributed by atoms with Crippen molar-refractivity contribution in [3.63, 3.8) is 0 Å². The Kier molecular flexibility index (Phi) is 4.87. The van der Waals surface area contributed by atoms with Gasteiger partial charge in [-0.1, -0.05) is 24.3 Å². The SMILES string of the molecule is CCN1C(c2cccc(O)c2C(=O)O)=CN(C)C1c1cccc(O)c1C(=O)O. The Labute approximate surface area is 161 Å². The van der Waals surface area contributed by atoms with Crippen molar-refractivity contribution in [2.24, 2.45) is 0 Å². The van der Waals surface area contributed by atoms with Crippen LogP contribution in [0.4, 0.5) is 0 Å². The van der Waals surface area contributed by atoms with Gasteiger partial charge in [0, 0.05) is 30.9 Å². The maximum atomic E-state index is 11.7. The van der Waals surface area contributed by atoms with Gasteiger partial charge in [-0.05, 0) is 19.1 Å². The lowest BCUT2D eigenvalue weighted by Gasteiger charge is -2.33. The van der Waals surface area contributed by atoms with Crippen molar-refractivity contribution in [2.45, 2.75) is 13.1 Å². The minimum atomic E-state index is -1.26. The van der Waals surface area contributed by atoms with Gasteiger partial charge >= 0.3 is 11.9 Å². The van der Waals surface area contributed by atoms with Crippen LogP contribution in [-0.2, 0) is 0 Å². The molecule has 28 heavy (non-hydrogen) atoms. The molecule has 1 atom stereocenters. The Morgan fingerprint density at radius 2 is 1.54 bits per heavy atom. The van der Waals surface area contributed by atoms with Crippen molar-refractivity contribution >= 4 is 17.6 Å². The maximum Gasteiger partial charge on any atom is 0.340 e. The van der Waals surface area contributed by atoms with Crippen molar-refractivity contribution in [2.75, 3.05) is 13.6 Å². The fourth-order valence-electron chi connectivity index (χ4n) is 3.63. The Morgan fingerprint density at radius 1 is 0.964 bits per heavy atom. The molecule has 0 fully saturated rings. The second kappa shape index (κ2) is 7.15. The van der Waals surface area contributed by atoms with Gasteiger partial charge in [0.05, 0.1) is 5.70 Å². The highest BCUT2D eigenvalue weighted by Crippen LogP contribution is 2.42. The molecule has 3 rings (SSSR count). The minimum Gasteiger partial charge on any atom is -0.507 e. The first-order chi connectivity index (χ1) is 13.3. The van der Waals surface area contributed by atoms with Crippen LogP contribution in [0.25, 0.3) is 5.70 Å². The molecular weight excluding hydrogens is 364 g/mol. The van der Waals surface area contributed by atoms with E-state index in [1.165, 1.54) is 12.1 Å². The van der Waals surface area contributed by atoms with Crippen molar-refractivity contribution in [1.82, 2.24) is 9.80 Å². The molecule has 4 N–H and O–H groups in total. The molecule has 146 valence electrons. The highest BCUT2D eigenvalue weighted by atomic mass is 16.4. The van der Waals surface area contributed by atoms with Crippen molar-refractivity contribution in [1.29, 1.82) is 0 Å². The van der Waals surface area contributed by atoms with Gasteiger partial charge in [-0.25, -0.2) is 9.59 Å². The average Bonchev–Trinajstić information content (AvgIpc) is 2.96. The summed E-state index contributed by atoms with van der Waals surface area (Å²) in [5, 5.41) is 39.2. The van der Waals surface area contributed by atoms with E-state index in [-0.39, 0.29) is 22.6 Å². The van der Waals surface area contributed by atoms with E-state index in [1.807, 2.05) is 11.8 Å². The number of carboxylic acids is 2.